The van der Waals surface area contributed by atoms with E-state index in [4.69, 9.17) is 5.11 Å². The van der Waals surface area contributed by atoms with Gasteiger partial charge < -0.3 is 10.0 Å². The van der Waals surface area contributed by atoms with Crippen LogP contribution in [-0.2, 0) is 4.79 Å². The number of carbonyl (C=O) groups excluding carboxylic acids is 1. The van der Waals surface area contributed by atoms with Crippen molar-refractivity contribution in [1.29, 1.82) is 0 Å². The minimum absolute atomic E-state index is 0.0351. The minimum Gasteiger partial charge on any atom is -0.395 e. The van der Waals surface area contributed by atoms with Crippen molar-refractivity contribution in [2.75, 3.05) is 18.9 Å². The fourth-order valence-electron chi connectivity index (χ4n) is 2.38. The SMILES string of the molecule is CCC(CC)N(CCO)C(=O)CCSc1ccc(C)cc1. The number of carbonyl (C=O) groups is 1. The minimum atomic E-state index is 0.0351. The molecule has 21 heavy (non-hydrogen) atoms. The maximum absolute atomic E-state index is 12.3. The Morgan fingerprint density at radius 2 is 1.86 bits per heavy atom. The molecule has 0 heterocycles. The molecule has 0 aliphatic rings. The van der Waals surface area contributed by atoms with Crippen molar-refractivity contribution in [2.24, 2.45) is 0 Å². The lowest BCUT2D eigenvalue weighted by Crippen LogP contribution is -2.41. The van der Waals surface area contributed by atoms with Gasteiger partial charge in [0.05, 0.1) is 6.61 Å². The summed E-state index contributed by atoms with van der Waals surface area (Å²) in [5.74, 6) is 0.932. The molecule has 0 aromatic heterocycles. The average molecular weight is 309 g/mol. The highest BCUT2D eigenvalue weighted by Crippen LogP contribution is 2.20. The molecule has 4 heteroatoms. The Hall–Kier alpha value is -1.00. The van der Waals surface area contributed by atoms with E-state index in [9.17, 15) is 4.79 Å². The van der Waals surface area contributed by atoms with Gasteiger partial charge in [0.25, 0.3) is 0 Å². The Balaban J connectivity index is 2.47. The summed E-state index contributed by atoms with van der Waals surface area (Å²) in [7, 11) is 0. The summed E-state index contributed by atoms with van der Waals surface area (Å²) < 4.78 is 0. The smallest absolute Gasteiger partial charge is 0.223 e. The molecule has 0 saturated heterocycles. The molecule has 1 aromatic carbocycles. The monoisotopic (exact) mass is 309 g/mol. The highest BCUT2D eigenvalue weighted by Gasteiger charge is 2.19. The fourth-order valence-corrected chi connectivity index (χ4v) is 3.22. The molecule has 1 aromatic rings. The zero-order valence-electron chi connectivity index (χ0n) is 13.3. The third-order valence-electron chi connectivity index (χ3n) is 3.65. The molecule has 0 spiro atoms. The second-order valence-electron chi connectivity index (χ2n) is 5.19. The van der Waals surface area contributed by atoms with Gasteiger partial charge >= 0.3 is 0 Å². The van der Waals surface area contributed by atoms with Gasteiger partial charge in [-0.05, 0) is 31.9 Å². The van der Waals surface area contributed by atoms with Crippen molar-refractivity contribution in [3.63, 3.8) is 0 Å². The molecule has 0 aliphatic carbocycles. The predicted octanol–water partition coefficient (Wildman–Crippen LogP) is 3.49. The molecule has 0 fully saturated rings. The quantitative estimate of drug-likeness (QED) is 0.710. The van der Waals surface area contributed by atoms with E-state index < -0.39 is 0 Å². The van der Waals surface area contributed by atoms with Crippen LogP contribution in [0.25, 0.3) is 0 Å². The standard InChI is InChI=1S/C17H27NO2S/c1-4-15(5-2)18(11-12-19)17(20)10-13-21-16-8-6-14(3)7-9-16/h6-9,15,19H,4-5,10-13H2,1-3H3. The van der Waals surface area contributed by atoms with Gasteiger partial charge in [-0.3, -0.25) is 4.79 Å². The highest BCUT2D eigenvalue weighted by atomic mass is 32.2. The van der Waals surface area contributed by atoms with Gasteiger partial charge in [0, 0.05) is 29.7 Å². The molecule has 0 saturated carbocycles. The van der Waals surface area contributed by atoms with Crippen LogP contribution in [-0.4, -0.2) is 40.9 Å². The van der Waals surface area contributed by atoms with E-state index in [1.54, 1.807) is 11.8 Å². The van der Waals surface area contributed by atoms with Crippen LogP contribution in [0.1, 0.15) is 38.7 Å². The summed E-state index contributed by atoms with van der Waals surface area (Å²) in [6.45, 7) is 6.73. The number of rotatable bonds is 9. The number of benzene rings is 1. The van der Waals surface area contributed by atoms with Crippen molar-refractivity contribution in [1.82, 2.24) is 4.90 Å². The molecule has 0 bridgehead atoms. The van der Waals surface area contributed by atoms with E-state index in [0.29, 0.717) is 13.0 Å². The molecule has 3 nitrogen and oxygen atoms in total. The van der Waals surface area contributed by atoms with Gasteiger partial charge in [-0.2, -0.15) is 0 Å². The predicted molar refractivity (Wildman–Crippen MR) is 89.7 cm³/mol. The Morgan fingerprint density at radius 3 is 2.38 bits per heavy atom. The summed E-state index contributed by atoms with van der Waals surface area (Å²) in [6, 6.07) is 8.61. The zero-order valence-corrected chi connectivity index (χ0v) is 14.2. The van der Waals surface area contributed by atoms with Crippen LogP contribution in [0.5, 0.6) is 0 Å². The van der Waals surface area contributed by atoms with Crippen molar-refractivity contribution in [2.45, 2.75) is 51.0 Å². The molecule has 1 rings (SSSR count). The van der Waals surface area contributed by atoms with E-state index in [-0.39, 0.29) is 18.6 Å². The second kappa shape index (κ2) is 9.85. The van der Waals surface area contributed by atoms with Crippen LogP contribution < -0.4 is 0 Å². The molecule has 0 radical (unpaired) electrons. The molecule has 118 valence electrons. The first-order chi connectivity index (χ1) is 10.1. The number of thioether (sulfide) groups is 1. The molecular formula is C17H27NO2S. The van der Waals surface area contributed by atoms with Crippen molar-refractivity contribution in [3.8, 4) is 0 Å². The molecule has 0 atom stereocenters. The highest BCUT2D eigenvalue weighted by molar-refractivity contribution is 7.99. The van der Waals surface area contributed by atoms with Gasteiger partial charge in [-0.25, -0.2) is 0 Å². The molecular weight excluding hydrogens is 282 g/mol. The first kappa shape index (κ1) is 18.1. The van der Waals surface area contributed by atoms with E-state index in [0.717, 1.165) is 18.6 Å². The lowest BCUT2D eigenvalue weighted by Gasteiger charge is -2.30. The van der Waals surface area contributed by atoms with E-state index in [1.165, 1.54) is 10.5 Å². The molecule has 0 aliphatic heterocycles. The van der Waals surface area contributed by atoms with Gasteiger partial charge in [-0.15, -0.1) is 11.8 Å². The topological polar surface area (TPSA) is 40.5 Å². The van der Waals surface area contributed by atoms with Crippen molar-refractivity contribution >= 4 is 17.7 Å². The lowest BCUT2D eigenvalue weighted by molar-refractivity contribution is -0.133. The van der Waals surface area contributed by atoms with Crippen molar-refractivity contribution in [3.05, 3.63) is 29.8 Å². The summed E-state index contributed by atoms with van der Waals surface area (Å²) in [4.78, 5) is 15.4. The normalized spacial score (nSPS) is 10.9. The van der Waals surface area contributed by atoms with E-state index in [1.807, 2.05) is 4.90 Å². The number of nitrogens with zero attached hydrogens (tertiary/aromatic N) is 1. The van der Waals surface area contributed by atoms with Crippen LogP contribution in [0.2, 0.25) is 0 Å². The number of aliphatic hydroxyl groups is 1. The van der Waals surface area contributed by atoms with Crippen LogP contribution in [0, 0.1) is 6.92 Å². The zero-order chi connectivity index (χ0) is 15.7. The Kier molecular flexibility index (Phi) is 8.47. The first-order valence-electron chi connectivity index (χ1n) is 7.72. The van der Waals surface area contributed by atoms with Crippen molar-refractivity contribution < 1.29 is 9.90 Å². The van der Waals surface area contributed by atoms with Gasteiger partial charge in [0.15, 0.2) is 0 Å². The molecule has 1 N–H and O–H groups in total. The number of aryl methyl sites for hydroxylation is 1. The summed E-state index contributed by atoms with van der Waals surface area (Å²) in [5, 5.41) is 9.16. The Labute approximate surface area is 132 Å². The van der Waals surface area contributed by atoms with Gasteiger partial charge in [-0.1, -0.05) is 31.5 Å². The molecule has 1 amide bonds. The maximum atomic E-state index is 12.3. The third kappa shape index (κ3) is 6.10. The number of hydrogen-bond donors (Lipinski definition) is 1. The van der Waals surface area contributed by atoms with Crippen LogP contribution in [0.3, 0.4) is 0 Å². The van der Waals surface area contributed by atoms with Gasteiger partial charge in [0.2, 0.25) is 5.91 Å². The Morgan fingerprint density at radius 1 is 1.24 bits per heavy atom. The lowest BCUT2D eigenvalue weighted by atomic mass is 10.1. The van der Waals surface area contributed by atoms with Gasteiger partial charge in [0.1, 0.15) is 0 Å². The van der Waals surface area contributed by atoms with Crippen LogP contribution >= 0.6 is 11.8 Å². The number of aliphatic hydroxyl groups excluding tert-OH is 1. The number of hydrogen-bond acceptors (Lipinski definition) is 3. The second-order valence-corrected chi connectivity index (χ2v) is 6.36. The summed E-state index contributed by atoms with van der Waals surface area (Å²) in [5.41, 5.74) is 1.25. The molecule has 0 unspecified atom stereocenters. The maximum Gasteiger partial charge on any atom is 0.223 e. The van der Waals surface area contributed by atoms with E-state index in [2.05, 4.69) is 45.0 Å². The average Bonchev–Trinajstić information content (AvgIpc) is 2.49. The van der Waals surface area contributed by atoms with E-state index >= 15 is 0 Å². The fraction of sp³-hybridized carbons (Fsp3) is 0.588. The van der Waals surface area contributed by atoms with Crippen LogP contribution in [0.15, 0.2) is 29.2 Å². The first-order valence-corrected chi connectivity index (χ1v) is 8.70. The van der Waals surface area contributed by atoms with Crippen LogP contribution in [0.4, 0.5) is 0 Å². The number of amides is 1. The largest absolute Gasteiger partial charge is 0.395 e. The Bertz CT molecular complexity index is 415. The third-order valence-corrected chi connectivity index (χ3v) is 4.66. The summed E-state index contributed by atoms with van der Waals surface area (Å²) >= 11 is 1.71. The summed E-state index contributed by atoms with van der Waals surface area (Å²) in [6.07, 6.45) is 2.40.